The van der Waals surface area contributed by atoms with Crippen LogP contribution in [0.4, 0.5) is 4.79 Å². The molecule has 0 radical (unpaired) electrons. The van der Waals surface area contributed by atoms with Gasteiger partial charge in [-0.15, -0.1) is 0 Å². The molecule has 12 heavy (non-hydrogen) atoms. The van der Waals surface area contributed by atoms with Crippen LogP contribution in [0, 0.1) is 0 Å². The lowest BCUT2D eigenvalue weighted by Gasteiger charge is -2.16. The molecule has 1 saturated heterocycles. The van der Waals surface area contributed by atoms with Crippen LogP contribution in [0.5, 0.6) is 0 Å². The van der Waals surface area contributed by atoms with E-state index in [1.807, 2.05) is 0 Å². The van der Waals surface area contributed by atoms with Crippen LogP contribution in [0.2, 0.25) is 0 Å². The number of hydrogen-bond acceptors (Lipinski definition) is 4. The quantitative estimate of drug-likeness (QED) is 0.582. The molecule has 0 aromatic heterocycles. The van der Waals surface area contributed by atoms with Crippen molar-refractivity contribution in [3.63, 3.8) is 0 Å². The summed E-state index contributed by atoms with van der Waals surface area (Å²) in [5.74, 6) is 0. The summed E-state index contributed by atoms with van der Waals surface area (Å²) in [7, 11) is 0. The molecule has 0 aromatic rings. The molecule has 1 amide bonds. The lowest BCUT2D eigenvalue weighted by molar-refractivity contribution is 0.161. The van der Waals surface area contributed by atoms with E-state index >= 15 is 0 Å². The molecule has 0 aliphatic carbocycles. The Kier molecular flexibility index (Phi) is 2.47. The number of ether oxygens (including phenoxy) is 1. The number of cyclic esters (lactones) is 1. The van der Waals surface area contributed by atoms with Crippen LogP contribution >= 0.6 is 0 Å². The van der Waals surface area contributed by atoms with Crippen molar-refractivity contribution in [2.45, 2.75) is 0 Å². The van der Waals surface area contributed by atoms with Crippen LogP contribution in [0.3, 0.4) is 0 Å². The maximum atomic E-state index is 10.6. The van der Waals surface area contributed by atoms with Crippen molar-refractivity contribution in [2.24, 2.45) is 10.7 Å². The van der Waals surface area contributed by atoms with Gasteiger partial charge in [-0.05, 0) is 0 Å². The van der Waals surface area contributed by atoms with E-state index in [0.29, 0.717) is 11.4 Å². The van der Waals surface area contributed by atoms with Gasteiger partial charge in [0.05, 0.1) is 5.70 Å². The van der Waals surface area contributed by atoms with Crippen LogP contribution in [0.15, 0.2) is 29.7 Å². The molecule has 5 nitrogen and oxygen atoms in total. The third-order valence-electron chi connectivity index (χ3n) is 1.26. The summed E-state index contributed by atoms with van der Waals surface area (Å²) in [6.07, 6.45) is 2.19. The van der Waals surface area contributed by atoms with Crippen molar-refractivity contribution >= 4 is 11.8 Å². The number of nitrogens with one attached hydrogen (secondary N) is 1. The summed E-state index contributed by atoms with van der Waals surface area (Å²) in [5, 5.41) is 2.38. The summed E-state index contributed by atoms with van der Waals surface area (Å²) >= 11 is 0. The van der Waals surface area contributed by atoms with Gasteiger partial charge in [0.15, 0.2) is 0 Å². The molecule has 3 N–H and O–H groups in total. The Balaban J connectivity index is 2.68. The highest BCUT2D eigenvalue weighted by Gasteiger charge is 2.16. The SMILES string of the molecule is C=C1NC(=O)OCC1=N/C=C\N. The monoisotopic (exact) mass is 167 g/mol. The molecule has 0 saturated carbocycles. The maximum Gasteiger partial charge on any atom is 0.412 e. The van der Waals surface area contributed by atoms with Gasteiger partial charge in [-0.3, -0.25) is 10.3 Å². The van der Waals surface area contributed by atoms with E-state index in [2.05, 4.69) is 21.6 Å². The van der Waals surface area contributed by atoms with Crippen molar-refractivity contribution in [1.29, 1.82) is 0 Å². The minimum absolute atomic E-state index is 0.134. The summed E-state index contributed by atoms with van der Waals surface area (Å²) in [6.45, 7) is 3.72. The fraction of sp³-hybridized carbons (Fsp3) is 0.143. The van der Waals surface area contributed by atoms with Crippen LogP contribution in [-0.4, -0.2) is 18.4 Å². The van der Waals surface area contributed by atoms with Crippen molar-refractivity contribution < 1.29 is 9.53 Å². The zero-order valence-electron chi connectivity index (χ0n) is 6.41. The van der Waals surface area contributed by atoms with Gasteiger partial charge in [0.2, 0.25) is 0 Å². The van der Waals surface area contributed by atoms with E-state index in [-0.39, 0.29) is 6.61 Å². The minimum atomic E-state index is -0.504. The molecule has 5 heteroatoms. The van der Waals surface area contributed by atoms with Gasteiger partial charge in [-0.1, -0.05) is 6.58 Å². The van der Waals surface area contributed by atoms with E-state index in [1.54, 1.807) is 0 Å². The molecule has 0 bridgehead atoms. The predicted octanol–water partition coefficient (Wildman–Crippen LogP) is 0.111. The number of hydrogen-bond donors (Lipinski definition) is 2. The Morgan fingerprint density at radius 1 is 1.75 bits per heavy atom. The Labute approximate surface area is 69.6 Å². The second kappa shape index (κ2) is 3.56. The van der Waals surface area contributed by atoms with Gasteiger partial charge < -0.3 is 10.5 Å². The van der Waals surface area contributed by atoms with Crippen molar-refractivity contribution in [3.05, 3.63) is 24.7 Å². The van der Waals surface area contributed by atoms with Gasteiger partial charge >= 0.3 is 6.09 Å². The highest BCUT2D eigenvalue weighted by atomic mass is 16.6. The van der Waals surface area contributed by atoms with Gasteiger partial charge in [0.25, 0.3) is 0 Å². The van der Waals surface area contributed by atoms with Crippen molar-refractivity contribution in [3.8, 4) is 0 Å². The molecular formula is C7H9N3O2. The fourth-order valence-electron chi connectivity index (χ4n) is 0.701. The third-order valence-corrected chi connectivity index (χ3v) is 1.26. The molecule has 0 unspecified atom stereocenters. The molecule has 0 aromatic carbocycles. The van der Waals surface area contributed by atoms with E-state index in [4.69, 9.17) is 5.73 Å². The molecule has 0 spiro atoms. The lowest BCUT2D eigenvalue weighted by Crippen LogP contribution is -2.36. The van der Waals surface area contributed by atoms with E-state index in [0.717, 1.165) is 0 Å². The number of carbonyl (C=O) groups is 1. The largest absolute Gasteiger partial charge is 0.443 e. The maximum absolute atomic E-state index is 10.6. The van der Waals surface area contributed by atoms with Crippen molar-refractivity contribution in [1.82, 2.24) is 5.32 Å². The number of rotatable bonds is 1. The second-order valence-electron chi connectivity index (χ2n) is 2.10. The first-order chi connectivity index (χ1) is 5.74. The molecule has 1 aliphatic rings. The number of amides is 1. The van der Waals surface area contributed by atoms with Crippen LogP contribution in [0.25, 0.3) is 0 Å². The molecule has 1 aliphatic heterocycles. The topological polar surface area (TPSA) is 76.7 Å². The number of aliphatic imine (C=N–C) groups is 1. The summed E-state index contributed by atoms with van der Waals surface area (Å²) < 4.78 is 4.64. The molecule has 1 rings (SSSR count). The van der Waals surface area contributed by atoms with E-state index in [9.17, 15) is 4.79 Å². The zero-order valence-corrected chi connectivity index (χ0v) is 6.41. The standard InChI is InChI=1S/C7H9N3O2/c1-5-6(9-3-2-8)4-12-7(11)10-5/h2-3H,1,4,8H2,(H,10,11)/b3-2-,9-6?. The lowest BCUT2D eigenvalue weighted by atomic mass is 10.3. The number of nitrogens with zero attached hydrogens (tertiary/aromatic N) is 1. The molecular weight excluding hydrogens is 158 g/mol. The molecule has 1 fully saturated rings. The second-order valence-corrected chi connectivity index (χ2v) is 2.10. The van der Waals surface area contributed by atoms with Gasteiger partial charge in [-0.25, -0.2) is 4.79 Å². The van der Waals surface area contributed by atoms with Gasteiger partial charge in [-0.2, -0.15) is 0 Å². The third kappa shape index (κ3) is 1.85. The van der Waals surface area contributed by atoms with E-state index in [1.165, 1.54) is 12.4 Å². The number of nitrogens with two attached hydrogens (primary N) is 1. The summed E-state index contributed by atoms with van der Waals surface area (Å²) in [6, 6.07) is 0. The molecule has 64 valence electrons. The van der Waals surface area contributed by atoms with Crippen LogP contribution < -0.4 is 11.1 Å². The Morgan fingerprint density at radius 2 is 2.50 bits per heavy atom. The normalized spacial score (nSPS) is 21.2. The minimum Gasteiger partial charge on any atom is -0.443 e. The van der Waals surface area contributed by atoms with Gasteiger partial charge in [0.1, 0.15) is 12.3 Å². The number of carbonyl (C=O) groups excluding carboxylic acids is 1. The fourth-order valence-corrected chi connectivity index (χ4v) is 0.701. The average molecular weight is 167 g/mol. The zero-order chi connectivity index (χ0) is 8.97. The molecule has 1 heterocycles. The highest BCUT2D eigenvalue weighted by molar-refractivity contribution is 6.05. The first-order valence-corrected chi connectivity index (χ1v) is 3.30. The smallest absolute Gasteiger partial charge is 0.412 e. The first kappa shape index (κ1) is 8.32. The highest BCUT2D eigenvalue weighted by Crippen LogP contribution is 2.00. The van der Waals surface area contributed by atoms with Crippen LogP contribution in [0.1, 0.15) is 0 Å². The first-order valence-electron chi connectivity index (χ1n) is 3.30. The van der Waals surface area contributed by atoms with Gasteiger partial charge in [0, 0.05) is 12.4 Å². The van der Waals surface area contributed by atoms with Crippen molar-refractivity contribution in [2.75, 3.05) is 6.61 Å². The van der Waals surface area contributed by atoms with Crippen LogP contribution in [-0.2, 0) is 4.74 Å². The Bertz CT molecular complexity index is 268. The number of alkyl carbamates (subject to hydrolysis) is 1. The Morgan fingerprint density at radius 3 is 3.08 bits per heavy atom. The predicted molar refractivity (Wildman–Crippen MR) is 44.4 cm³/mol. The Hall–Kier alpha value is -1.78. The average Bonchev–Trinajstić information content (AvgIpc) is 2.03. The summed E-state index contributed by atoms with van der Waals surface area (Å²) in [5.41, 5.74) is 6.09. The molecule has 0 atom stereocenters. The van der Waals surface area contributed by atoms with E-state index < -0.39 is 6.09 Å². The summed E-state index contributed by atoms with van der Waals surface area (Å²) in [4.78, 5) is 14.5.